The van der Waals surface area contributed by atoms with E-state index in [1.165, 1.54) is 6.92 Å². The number of rotatable bonds is 24. The van der Waals surface area contributed by atoms with Gasteiger partial charge in [0.2, 0.25) is 41.4 Å². The number of nitrogens with two attached hydrogens (primary N) is 1. The number of hydrogen-bond acceptors (Lipinski definition) is 12. The van der Waals surface area contributed by atoms with Crippen molar-refractivity contribution in [2.45, 2.75) is 96.2 Å². The standard InChI is InChI=1S/C35H56N8O11S/c1-6-19(4)28(34(52)40-23(12-18(2)3)32(50)41-25(15-44)33(51)42-26(16-45)35(53)54)43-29(47)20(5)38-27(46)14-37-31(49)24(39-30(48)22(36)17-55)13-21-10-8-7-9-11-21/h7-11,18-20,22-26,28,44-45,55H,6,12-17,36H2,1-5H3,(H,37,49)(H,38,46)(H,39,48)(H,40,52)(H,41,50)(H,42,51)(H,43,47)(H,53,54)/t19-,20-,22-,23-,24-,25-,26-,28-/m0/s1. The molecular weight excluding hydrogens is 740 g/mol. The number of carbonyl (C=O) groups is 8. The topological polar surface area (TPSA) is 307 Å². The quantitative estimate of drug-likeness (QED) is 0.0458. The number of carbonyl (C=O) groups excluding carboxylic acids is 7. The first-order valence-electron chi connectivity index (χ1n) is 17.8. The number of amides is 7. The van der Waals surface area contributed by atoms with E-state index in [0.29, 0.717) is 6.42 Å². The van der Waals surface area contributed by atoms with Gasteiger partial charge in [0.05, 0.1) is 25.8 Å². The van der Waals surface area contributed by atoms with Crippen LogP contribution < -0.4 is 43.0 Å². The number of nitrogens with one attached hydrogen (secondary N) is 7. The molecule has 308 valence electrons. The Labute approximate surface area is 325 Å². The summed E-state index contributed by atoms with van der Waals surface area (Å²) < 4.78 is 0. The Balaban J connectivity index is 2.98. The zero-order valence-electron chi connectivity index (χ0n) is 31.7. The van der Waals surface area contributed by atoms with E-state index in [0.717, 1.165) is 5.56 Å². The predicted molar refractivity (Wildman–Crippen MR) is 203 cm³/mol. The molecule has 0 saturated heterocycles. The van der Waals surface area contributed by atoms with Gasteiger partial charge < -0.3 is 58.3 Å². The fraction of sp³-hybridized carbons (Fsp3) is 0.600. The van der Waals surface area contributed by atoms with Gasteiger partial charge in [0, 0.05) is 12.2 Å². The van der Waals surface area contributed by atoms with Crippen LogP contribution in [0.15, 0.2) is 30.3 Å². The van der Waals surface area contributed by atoms with Crippen LogP contribution in [0.2, 0.25) is 0 Å². The van der Waals surface area contributed by atoms with Crippen molar-refractivity contribution in [3.8, 4) is 0 Å². The van der Waals surface area contributed by atoms with Crippen LogP contribution in [0.25, 0.3) is 0 Å². The molecule has 1 rings (SSSR count). The van der Waals surface area contributed by atoms with Crippen LogP contribution in [0.4, 0.5) is 0 Å². The molecule has 0 fully saturated rings. The largest absolute Gasteiger partial charge is 0.480 e. The maximum absolute atomic E-state index is 13.6. The molecule has 0 aromatic heterocycles. The molecule has 0 aliphatic carbocycles. The van der Waals surface area contributed by atoms with Gasteiger partial charge in [-0.25, -0.2) is 4.79 Å². The molecular formula is C35H56N8O11S. The Kier molecular flexibility index (Phi) is 21.6. The molecule has 0 aliphatic rings. The maximum atomic E-state index is 13.6. The third kappa shape index (κ3) is 17.0. The van der Waals surface area contributed by atoms with Gasteiger partial charge in [0.1, 0.15) is 36.3 Å². The summed E-state index contributed by atoms with van der Waals surface area (Å²) in [6.45, 7) is 5.92. The van der Waals surface area contributed by atoms with Gasteiger partial charge in [-0.1, -0.05) is 64.4 Å². The third-order valence-corrected chi connectivity index (χ3v) is 8.78. The third-order valence-electron chi connectivity index (χ3n) is 8.39. The van der Waals surface area contributed by atoms with E-state index in [4.69, 9.17) is 10.8 Å². The van der Waals surface area contributed by atoms with Gasteiger partial charge in [-0.05, 0) is 30.7 Å². The average Bonchev–Trinajstić information content (AvgIpc) is 3.15. The molecule has 0 bridgehead atoms. The minimum atomic E-state index is -1.69. The van der Waals surface area contributed by atoms with E-state index in [2.05, 4.69) is 44.5 Å². The van der Waals surface area contributed by atoms with E-state index in [9.17, 15) is 48.6 Å². The number of thiol groups is 1. The highest BCUT2D eigenvalue weighted by atomic mass is 32.1. The Morgan fingerprint density at radius 2 is 1.24 bits per heavy atom. The molecule has 8 atom stereocenters. The summed E-state index contributed by atoms with van der Waals surface area (Å²) in [5, 5.41) is 44.9. The summed E-state index contributed by atoms with van der Waals surface area (Å²) in [6, 6.07) is -0.140. The Hall–Kier alpha value is -4.79. The average molecular weight is 797 g/mol. The van der Waals surface area contributed by atoms with Crippen LogP contribution in [0, 0.1) is 11.8 Å². The van der Waals surface area contributed by atoms with Crippen molar-refractivity contribution < 1.29 is 53.7 Å². The Morgan fingerprint density at radius 3 is 1.76 bits per heavy atom. The van der Waals surface area contributed by atoms with Crippen molar-refractivity contribution in [2.24, 2.45) is 17.6 Å². The molecule has 0 heterocycles. The van der Waals surface area contributed by atoms with Crippen LogP contribution >= 0.6 is 12.6 Å². The second-order valence-electron chi connectivity index (χ2n) is 13.4. The lowest BCUT2D eigenvalue weighted by Gasteiger charge is -2.29. The molecule has 7 amide bonds. The summed E-state index contributed by atoms with van der Waals surface area (Å²) in [5.41, 5.74) is 6.48. The van der Waals surface area contributed by atoms with E-state index in [1.54, 1.807) is 58.0 Å². The lowest BCUT2D eigenvalue weighted by atomic mass is 9.96. The van der Waals surface area contributed by atoms with Crippen molar-refractivity contribution in [1.82, 2.24) is 37.2 Å². The number of aliphatic carboxylic acids is 1. The monoisotopic (exact) mass is 796 g/mol. The summed E-state index contributed by atoms with van der Waals surface area (Å²) >= 11 is 4.01. The first-order chi connectivity index (χ1) is 25.9. The molecule has 20 heteroatoms. The molecule has 0 aliphatic heterocycles. The highest BCUT2D eigenvalue weighted by Gasteiger charge is 2.34. The van der Waals surface area contributed by atoms with Gasteiger partial charge in [0.25, 0.3) is 0 Å². The number of carboxylic acids is 1. The minimum Gasteiger partial charge on any atom is -0.480 e. The molecule has 0 spiro atoms. The fourth-order valence-electron chi connectivity index (χ4n) is 4.94. The summed E-state index contributed by atoms with van der Waals surface area (Å²) in [7, 11) is 0. The van der Waals surface area contributed by atoms with Crippen molar-refractivity contribution in [2.75, 3.05) is 25.5 Å². The van der Waals surface area contributed by atoms with Crippen LogP contribution in [0.3, 0.4) is 0 Å². The number of aliphatic hydroxyl groups is 2. The molecule has 12 N–H and O–H groups in total. The van der Waals surface area contributed by atoms with Crippen molar-refractivity contribution >= 4 is 59.9 Å². The number of carboxylic acid groups (broad SMARTS) is 1. The molecule has 0 unspecified atom stereocenters. The first kappa shape index (κ1) is 48.2. The zero-order valence-corrected chi connectivity index (χ0v) is 32.6. The minimum absolute atomic E-state index is 0.0387. The maximum Gasteiger partial charge on any atom is 0.328 e. The summed E-state index contributed by atoms with van der Waals surface area (Å²) in [5.74, 6) is -7.63. The zero-order chi connectivity index (χ0) is 41.8. The highest BCUT2D eigenvalue weighted by Crippen LogP contribution is 2.12. The van der Waals surface area contributed by atoms with Gasteiger partial charge in [-0.15, -0.1) is 0 Å². The SMILES string of the molecule is CC[C@H](C)[C@H](NC(=O)[C@H](C)NC(=O)CNC(=O)[C@H](Cc1ccccc1)NC(=O)[C@@H](N)CS)C(=O)N[C@@H](CC(C)C)C(=O)N[C@@H](CO)C(=O)N[C@@H](CO)C(=O)O. The number of aliphatic hydroxyl groups excluding tert-OH is 2. The second kappa shape index (κ2) is 24.6. The smallest absolute Gasteiger partial charge is 0.328 e. The molecule has 19 nitrogen and oxygen atoms in total. The highest BCUT2D eigenvalue weighted by molar-refractivity contribution is 7.80. The number of hydrogen-bond donors (Lipinski definition) is 12. The second-order valence-corrected chi connectivity index (χ2v) is 13.8. The molecule has 0 radical (unpaired) electrons. The normalized spacial score (nSPS) is 15.4. The van der Waals surface area contributed by atoms with E-state index in [-0.39, 0.29) is 24.5 Å². The van der Waals surface area contributed by atoms with Gasteiger partial charge in [-0.2, -0.15) is 12.6 Å². The molecule has 1 aromatic carbocycles. The lowest BCUT2D eigenvalue weighted by molar-refractivity contribution is -0.143. The van der Waals surface area contributed by atoms with Gasteiger partial charge in [0.15, 0.2) is 0 Å². The van der Waals surface area contributed by atoms with E-state index in [1.807, 2.05) is 5.32 Å². The van der Waals surface area contributed by atoms with Crippen molar-refractivity contribution in [1.29, 1.82) is 0 Å². The Bertz CT molecular complexity index is 1470. The molecule has 1 aromatic rings. The summed E-state index contributed by atoms with van der Waals surface area (Å²) in [6.07, 6.45) is 0.586. The summed E-state index contributed by atoms with van der Waals surface area (Å²) in [4.78, 5) is 102. The molecule has 55 heavy (non-hydrogen) atoms. The van der Waals surface area contributed by atoms with Crippen LogP contribution in [0.1, 0.15) is 53.0 Å². The van der Waals surface area contributed by atoms with E-state index < -0.39 is 115 Å². The van der Waals surface area contributed by atoms with Gasteiger partial charge >= 0.3 is 5.97 Å². The van der Waals surface area contributed by atoms with Crippen molar-refractivity contribution in [3.05, 3.63) is 35.9 Å². The Morgan fingerprint density at radius 1 is 0.691 bits per heavy atom. The molecule has 0 saturated carbocycles. The van der Waals surface area contributed by atoms with E-state index >= 15 is 0 Å². The van der Waals surface area contributed by atoms with Crippen molar-refractivity contribution in [3.63, 3.8) is 0 Å². The van der Waals surface area contributed by atoms with Crippen LogP contribution in [-0.2, 0) is 44.8 Å². The van der Waals surface area contributed by atoms with Crippen LogP contribution in [0.5, 0.6) is 0 Å². The fourth-order valence-corrected chi connectivity index (χ4v) is 5.10. The number of benzene rings is 1. The lowest BCUT2D eigenvalue weighted by Crippen LogP contribution is -2.60. The van der Waals surface area contributed by atoms with Gasteiger partial charge in [-0.3, -0.25) is 33.6 Å². The predicted octanol–water partition coefficient (Wildman–Crippen LogP) is -3.31. The van der Waals surface area contributed by atoms with Crippen LogP contribution in [-0.4, -0.2) is 130 Å². The first-order valence-corrected chi connectivity index (χ1v) is 18.5.